The lowest BCUT2D eigenvalue weighted by Gasteiger charge is -2.04. The van der Waals surface area contributed by atoms with E-state index in [1.54, 1.807) is 6.20 Å². The van der Waals surface area contributed by atoms with Gasteiger partial charge in [0.05, 0.1) is 0 Å². The van der Waals surface area contributed by atoms with Gasteiger partial charge in [-0.15, -0.1) is 0 Å². The predicted molar refractivity (Wildman–Crippen MR) is 55.1 cm³/mol. The van der Waals surface area contributed by atoms with E-state index in [-0.39, 0.29) is 0 Å². The smallest absolute Gasteiger partial charge is 0.131 e. The molecule has 2 nitrogen and oxygen atoms in total. The third-order valence-corrected chi connectivity index (χ3v) is 2.51. The molecule has 1 aliphatic carbocycles. The normalized spacial score (nSPS) is 15.8. The number of rotatable bonds is 4. The van der Waals surface area contributed by atoms with Gasteiger partial charge in [0.2, 0.25) is 0 Å². The quantitative estimate of drug-likeness (QED) is 0.750. The molecule has 0 aliphatic heterocycles. The molecule has 1 N–H and O–H groups in total. The number of aromatic nitrogens is 1. The van der Waals surface area contributed by atoms with E-state index in [0.717, 1.165) is 18.2 Å². The van der Waals surface area contributed by atoms with Gasteiger partial charge in [0, 0.05) is 18.4 Å². The highest BCUT2D eigenvalue weighted by molar-refractivity contribution is 6.29. The first-order valence-electron chi connectivity index (χ1n) is 4.70. The first-order valence-corrected chi connectivity index (χ1v) is 5.08. The molecule has 0 spiro atoms. The Labute approximate surface area is 83.3 Å². The Morgan fingerprint density at radius 2 is 2.38 bits per heavy atom. The van der Waals surface area contributed by atoms with Crippen LogP contribution in [-0.2, 0) is 0 Å². The molecule has 1 aromatic rings. The fourth-order valence-corrected chi connectivity index (χ4v) is 1.51. The van der Waals surface area contributed by atoms with E-state index in [9.17, 15) is 0 Å². The highest BCUT2D eigenvalue weighted by Crippen LogP contribution is 2.32. The van der Waals surface area contributed by atoms with E-state index < -0.39 is 0 Å². The molecule has 1 heterocycles. The highest BCUT2D eigenvalue weighted by Gasteiger charge is 2.19. The van der Waals surface area contributed by atoms with Gasteiger partial charge < -0.3 is 5.32 Å². The van der Waals surface area contributed by atoms with Crippen LogP contribution in [0, 0.1) is 5.92 Å². The third kappa shape index (κ3) is 2.88. The van der Waals surface area contributed by atoms with Crippen LogP contribution in [0.3, 0.4) is 0 Å². The minimum absolute atomic E-state index is 0.552. The Kier molecular flexibility index (Phi) is 2.69. The molecule has 2 rings (SSSR count). The van der Waals surface area contributed by atoms with E-state index >= 15 is 0 Å². The van der Waals surface area contributed by atoms with Crippen molar-refractivity contribution in [3.63, 3.8) is 0 Å². The van der Waals surface area contributed by atoms with Crippen molar-refractivity contribution in [2.24, 2.45) is 5.92 Å². The minimum Gasteiger partial charge on any atom is -0.385 e. The van der Waals surface area contributed by atoms with Crippen LogP contribution in [0.25, 0.3) is 0 Å². The highest BCUT2D eigenvalue weighted by atomic mass is 35.5. The zero-order chi connectivity index (χ0) is 9.10. The van der Waals surface area contributed by atoms with Crippen molar-refractivity contribution < 1.29 is 0 Å². The number of hydrogen-bond donors (Lipinski definition) is 1. The van der Waals surface area contributed by atoms with Crippen molar-refractivity contribution in [3.05, 3.63) is 23.5 Å². The van der Waals surface area contributed by atoms with E-state index in [0.29, 0.717) is 5.15 Å². The molecule has 0 unspecified atom stereocenters. The van der Waals surface area contributed by atoms with Gasteiger partial charge >= 0.3 is 0 Å². The predicted octanol–water partition coefficient (Wildman–Crippen LogP) is 2.95. The lowest BCUT2D eigenvalue weighted by atomic mass is 10.3. The lowest BCUT2D eigenvalue weighted by molar-refractivity contribution is 0.760. The molecule has 1 fully saturated rings. The van der Waals surface area contributed by atoms with Crippen molar-refractivity contribution in [3.8, 4) is 0 Å². The summed E-state index contributed by atoms with van der Waals surface area (Å²) in [6.07, 6.45) is 5.83. The van der Waals surface area contributed by atoms with E-state index in [2.05, 4.69) is 10.3 Å². The van der Waals surface area contributed by atoms with Crippen molar-refractivity contribution in [2.75, 3.05) is 11.9 Å². The fraction of sp³-hybridized carbons (Fsp3) is 0.500. The third-order valence-electron chi connectivity index (χ3n) is 2.31. The summed E-state index contributed by atoms with van der Waals surface area (Å²) in [4.78, 5) is 3.92. The molecule has 0 atom stereocenters. The number of nitrogens with zero attached hydrogens (tertiary/aromatic N) is 1. The largest absolute Gasteiger partial charge is 0.385 e. The average Bonchev–Trinajstić information content (AvgIpc) is 2.88. The summed E-state index contributed by atoms with van der Waals surface area (Å²) in [7, 11) is 0. The zero-order valence-electron chi connectivity index (χ0n) is 7.46. The van der Waals surface area contributed by atoms with Crippen LogP contribution in [0.15, 0.2) is 18.3 Å². The van der Waals surface area contributed by atoms with Gasteiger partial charge in [-0.1, -0.05) is 24.4 Å². The summed E-state index contributed by atoms with van der Waals surface area (Å²) < 4.78 is 0. The van der Waals surface area contributed by atoms with Gasteiger partial charge in [0.25, 0.3) is 0 Å². The van der Waals surface area contributed by atoms with Crippen LogP contribution in [0.5, 0.6) is 0 Å². The Hall–Kier alpha value is -0.760. The summed E-state index contributed by atoms with van der Waals surface area (Å²) in [5.74, 6) is 0.977. The van der Waals surface area contributed by atoms with Gasteiger partial charge in [-0.05, 0) is 24.5 Å². The van der Waals surface area contributed by atoms with E-state index in [1.165, 1.54) is 19.3 Å². The summed E-state index contributed by atoms with van der Waals surface area (Å²) >= 11 is 5.75. The second-order valence-electron chi connectivity index (χ2n) is 3.53. The lowest BCUT2D eigenvalue weighted by Crippen LogP contribution is -2.02. The summed E-state index contributed by atoms with van der Waals surface area (Å²) in [6.45, 7) is 1.05. The molecule has 0 bridgehead atoms. The molecule has 0 radical (unpaired) electrons. The van der Waals surface area contributed by atoms with Gasteiger partial charge in [-0.2, -0.15) is 0 Å². The minimum atomic E-state index is 0.552. The number of anilines is 1. The van der Waals surface area contributed by atoms with Crippen LogP contribution >= 0.6 is 11.6 Å². The van der Waals surface area contributed by atoms with Gasteiger partial charge in [0.1, 0.15) is 5.15 Å². The molecule has 0 saturated heterocycles. The number of halogens is 1. The molecule has 1 saturated carbocycles. The Morgan fingerprint density at radius 3 is 3.08 bits per heavy atom. The fourth-order valence-electron chi connectivity index (χ4n) is 1.34. The summed E-state index contributed by atoms with van der Waals surface area (Å²) in [6, 6.07) is 3.80. The molecule has 1 aliphatic rings. The Morgan fingerprint density at radius 1 is 1.54 bits per heavy atom. The molecular weight excluding hydrogens is 184 g/mol. The second kappa shape index (κ2) is 3.97. The maximum absolute atomic E-state index is 5.75. The zero-order valence-corrected chi connectivity index (χ0v) is 8.22. The number of hydrogen-bond acceptors (Lipinski definition) is 2. The van der Waals surface area contributed by atoms with E-state index in [1.807, 2.05) is 12.1 Å². The standard InChI is InChI=1S/C10H13ClN2/c11-10-7-9(4-6-13-10)12-5-3-8-1-2-8/h4,6-8H,1-3,5H2,(H,12,13). The number of pyridine rings is 1. The summed E-state index contributed by atoms with van der Waals surface area (Å²) in [5.41, 5.74) is 1.07. The summed E-state index contributed by atoms with van der Waals surface area (Å²) in [5, 5.41) is 3.88. The first-order chi connectivity index (χ1) is 6.34. The van der Waals surface area contributed by atoms with Gasteiger partial charge in [0.15, 0.2) is 0 Å². The van der Waals surface area contributed by atoms with Crippen molar-refractivity contribution >= 4 is 17.3 Å². The topological polar surface area (TPSA) is 24.9 Å². The van der Waals surface area contributed by atoms with Crippen LogP contribution < -0.4 is 5.32 Å². The van der Waals surface area contributed by atoms with Crippen LogP contribution in [0.4, 0.5) is 5.69 Å². The number of nitrogens with one attached hydrogen (secondary N) is 1. The first kappa shape index (κ1) is 8.82. The molecule has 3 heteroatoms. The Balaban J connectivity index is 1.79. The van der Waals surface area contributed by atoms with Gasteiger partial charge in [-0.3, -0.25) is 0 Å². The van der Waals surface area contributed by atoms with Gasteiger partial charge in [-0.25, -0.2) is 4.98 Å². The van der Waals surface area contributed by atoms with Crippen LogP contribution in [-0.4, -0.2) is 11.5 Å². The molecular formula is C10H13ClN2. The monoisotopic (exact) mass is 196 g/mol. The molecule has 0 amide bonds. The maximum Gasteiger partial charge on any atom is 0.131 e. The van der Waals surface area contributed by atoms with E-state index in [4.69, 9.17) is 11.6 Å². The Bertz CT molecular complexity index is 284. The van der Waals surface area contributed by atoms with Crippen molar-refractivity contribution in [2.45, 2.75) is 19.3 Å². The van der Waals surface area contributed by atoms with Crippen LogP contribution in [0.2, 0.25) is 5.15 Å². The second-order valence-corrected chi connectivity index (χ2v) is 3.91. The van der Waals surface area contributed by atoms with Crippen molar-refractivity contribution in [1.29, 1.82) is 0 Å². The maximum atomic E-state index is 5.75. The molecule has 70 valence electrons. The SMILES string of the molecule is Clc1cc(NCCC2CC2)ccn1. The van der Waals surface area contributed by atoms with Crippen LogP contribution in [0.1, 0.15) is 19.3 Å². The average molecular weight is 197 g/mol. The molecule has 1 aromatic heterocycles. The molecule has 0 aromatic carbocycles. The molecule has 13 heavy (non-hydrogen) atoms. The van der Waals surface area contributed by atoms with Crippen molar-refractivity contribution in [1.82, 2.24) is 4.98 Å².